The molecule has 1 amide bonds. The van der Waals surface area contributed by atoms with Crippen LogP contribution in [-0.2, 0) is 20.2 Å². The monoisotopic (exact) mass is 533 g/mol. The molecule has 2 aromatic carbocycles. The van der Waals surface area contributed by atoms with E-state index < -0.39 is 15.9 Å². The van der Waals surface area contributed by atoms with Crippen molar-refractivity contribution in [1.29, 1.82) is 0 Å². The van der Waals surface area contributed by atoms with Gasteiger partial charge in [0.1, 0.15) is 6.54 Å². The Bertz CT molecular complexity index is 1210. The van der Waals surface area contributed by atoms with Gasteiger partial charge in [-0.15, -0.1) is 0 Å². The second-order valence-electron chi connectivity index (χ2n) is 10.4. The van der Waals surface area contributed by atoms with Crippen molar-refractivity contribution in [2.45, 2.75) is 43.9 Å². The number of anilines is 1. The van der Waals surface area contributed by atoms with E-state index >= 15 is 0 Å². The highest BCUT2D eigenvalue weighted by atomic mass is 35.5. The molecule has 4 aliphatic carbocycles. The van der Waals surface area contributed by atoms with Gasteiger partial charge in [-0.25, -0.2) is 13.8 Å². The number of hydrogen-bond donors (Lipinski definition) is 1. The van der Waals surface area contributed by atoms with Gasteiger partial charge in [0.15, 0.2) is 0 Å². The van der Waals surface area contributed by atoms with Crippen LogP contribution in [0, 0.1) is 17.8 Å². The maximum absolute atomic E-state index is 12.5. The van der Waals surface area contributed by atoms with Gasteiger partial charge in [0, 0.05) is 5.56 Å². The van der Waals surface area contributed by atoms with E-state index in [-0.39, 0.29) is 12.0 Å². The summed E-state index contributed by atoms with van der Waals surface area (Å²) in [5, 5.41) is 4.69. The molecule has 0 aromatic heterocycles. The predicted molar refractivity (Wildman–Crippen MR) is 141 cm³/mol. The number of hydrazone groups is 1. The van der Waals surface area contributed by atoms with Gasteiger partial charge in [0.2, 0.25) is 10.0 Å². The SMILES string of the molecule is CS(=O)(=O)N(CC(=O)N/N=C\c1c(Cl)cccc1Cl)c1ccc(C23CC4CC(CC(C4)C2)C3)cc1. The predicted octanol–water partition coefficient (Wildman–Crippen LogP) is 5.38. The number of nitrogens with zero attached hydrogens (tertiary/aromatic N) is 2. The standard InChI is InChI=1S/C26H29Cl2N3O3S/c1-35(33,34)31(16-25(32)30-29-15-22-23(27)3-2-4-24(22)28)21-7-5-20(6-8-21)26-12-17-9-18(13-26)11-19(10-17)14-26/h2-8,15,17-19H,9-14,16H2,1H3,(H,30,32)/b29-15-. The van der Waals surface area contributed by atoms with E-state index in [4.69, 9.17) is 23.2 Å². The van der Waals surface area contributed by atoms with Crippen LogP contribution in [0.2, 0.25) is 10.0 Å². The number of carbonyl (C=O) groups is 1. The van der Waals surface area contributed by atoms with Crippen LogP contribution >= 0.6 is 23.2 Å². The normalized spacial score (nSPS) is 27.3. The van der Waals surface area contributed by atoms with Crippen molar-refractivity contribution in [2.24, 2.45) is 22.9 Å². The third-order valence-corrected chi connectivity index (χ3v) is 9.68. The Labute approximate surface area is 216 Å². The maximum atomic E-state index is 12.5. The zero-order valence-electron chi connectivity index (χ0n) is 19.6. The molecule has 6 nitrogen and oxygen atoms in total. The lowest BCUT2D eigenvalue weighted by Gasteiger charge is -2.57. The third-order valence-electron chi connectivity index (χ3n) is 7.88. The van der Waals surface area contributed by atoms with Gasteiger partial charge in [-0.1, -0.05) is 41.4 Å². The smallest absolute Gasteiger partial charge is 0.260 e. The average molecular weight is 535 g/mol. The fourth-order valence-corrected chi connectivity index (χ4v) is 8.17. The summed E-state index contributed by atoms with van der Waals surface area (Å²) in [6, 6.07) is 12.8. The zero-order valence-corrected chi connectivity index (χ0v) is 21.9. The number of amides is 1. The molecule has 0 saturated heterocycles. The summed E-state index contributed by atoms with van der Waals surface area (Å²) in [4.78, 5) is 12.5. The first-order valence-corrected chi connectivity index (χ1v) is 14.6. The Morgan fingerprint density at radius 2 is 1.57 bits per heavy atom. The van der Waals surface area contributed by atoms with Crippen molar-refractivity contribution in [3.63, 3.8) is 0 Å². The van der Waals surface area contributed by atoms with Gasteiger partial charge in [0.25, 0.3) is 5.91 Å². The summed E-state index contributed by atoms with van der Waals surface area (Å²) in [6.07, 6.45) is 10.3. The topological polar surface area (TPSA) is 78.8 Å². The second kappa shape index (κ2) is 9.41. The first kappa shape index (κ1) is 24.6. The molecule has 35 heavy (non-hydrogen) atoms. The number of carbonyl (C=O) groups excluding carboxylic acids is 1. The quantitative estimate of drug-likeness (QED) is 0.383. The van der Waals surface area contributed by atoms with Crippen molar-refractivity contribution in [2.75, 3.05) is 17.1 Å². The zero-order chi connectivity index (χ0) is 24.8. The third kappa shape index (κ3) is 5.09. The molecular weight excluding hydrogens is 505 g/mol. The minimum Gasteiger partial charge on any atom is -0.271 e. The molecule has 9 heteroatoms. The highest BCUT2D eigenvalue weighted by molar-refractivity contribution is 7.92. The van der Waals surface area contributed by atoms with Crippen molar-refractivity contribution < 1.29 is 13.2 Å². The Hall–Kier alpha value is -2.09. The summed E-state index contributed by atoms with van der Waals surface area (Å²) >= 11 is 12.2. The molecule has 0 radical (unpaired) electrons. The molecule has 4 bridgehead atoms. The number of nitrogens with one attached hydrogen (secondary N) is 1. The van der Waals surface area contributed by atoms with E-state index in [9.17, 15) is 13.2 Å². The molecule has 6 rings (SSSR count). The molecule has 2 aromatic rings. The van der Waals surface area contributed by atoms with E-state index in [2.05, 4.69) is 22.7 Å². The van der Waals surface area contributed by atoms with Crippen LogP contribution in [0.25, 0.3) is 0 Å². The molecule has 1 N–H and O–H groups in total. The molecular formula is C26H29Cl2N3O3S. The molecule has 4 aliphatic rings. The minimum atomic E-state index is -3.68. The maximum Gasteiger partial charge on any atom is 0.260 e. The minimum absolute atomic E-state index is 0.231. The summed E-state index contributed by atoms with van der Waals surface area (Å²) in [5.41, 5.74) is 4.84. The van der Waals surface area contributed by atoms with Crippen LogP contribution < -0.4 is 9.73 Å². The first-order valence-electron chi connectivity index (χ1n) is 12.0. The van der Waals surface area contributed by atoms with Crippen molar-refractivity contribution >= 4 is 51.0 Å². The Morgan fingerprint density at radius 3 is 2.09 bits per heavy atom. The van der Waals surface area contributed by atoms with Crippen LogP contribution in [0.3, 0.4) is 0 Å². The molecule has 186 valence electrons. The Morgan fingerprint density at radius 1 is 1.03 bits per heavy atom. The molecule has 0 atom stereocenters. The van der Waals surface area contributed by atoms with Crippen LogP contribution in [0.1, 0.15) is 49.7 Å². The first-order chi connectivity index (χ1) is 16.6. The average Bonchev–Trinajstić information content (AvgIpc) is 2.78. The van der Waals surface area contributed by atoms with E-state index in [1.807, 2.05) is 12.1 Å². The molecule has 0 unspecified atom stereocenters. The molecule has 0 heterocycles. The van der Waals surface area contributed by atoms with Gasteiger partial charge in [-0.05, 0) is 91.5 Å². The summed E-state index contributed by atoms with van der Waals surface area (Å²) in [6.45, 7) is -0.386. The Balaban J connectivity index is 1.29. The number of benzene rings is 2. The molecule has 4 saturated carbocycles. The molecule has 4 fully saturated rings. The number of rotatable bonds is 7. The second-order valence-corrected chi connectivity index (χ2v) is 13.2. The summed E-state index contributed by atoms with van der Waals surface area (Å²) < 4.78 is 26.2. The largest absolute Gasteiger partial charge is 0.271 e. The molecule has 0 aliphatic heterocycles. The summed E-state index contributed by atoms with van der Waals surface area (Å²) in [5.74, 6) is 1.93. The lowest BCUT2D eigenvalue weighted by molar-refractivity contribution is -0.119. The lowest BCUT2D eigenvalue weighted by atomic mass is 9.48. The van der Waals surface area contributed by atoms with Gasteiger partial charge >= 0.3 is 0 Å². The van der Waals surface area contributed by atoms with E-state index in [1.165, 1.54) is 50.3 Å². The number of halogens is 2. The van der Waals surface area contributed by atoms with Gasteiger partial charge in [0.05, 0.1) is 28.2 Å². The van der Waals surface area contributed by atoms with Crippen LogP contribution in [-0.4, -0.2) is 33.3 Å². The van der Waals surface area contributed by atoms with Crippen molar-refractivity contribution in [1.82, 2.24) is 5.43 Å². The van der Waals surface area contributed by atoms with Gasteiger partial charge in [-0.2, -0.15) is 5.10 Å². The fraction of sp³-hybridized carbons (Fsp3) is 0.462. The lowest BCUT2D eigenvalue weighted by Crippen LogP contribution is -2.48. The van der Waals surface area contributed by atoms with Gasteiger partial charge in [-0.3, -0.25) is 9.10 Å². The molecule has 0 spiro atoms. The highest BCUT2D eigenvalue weighted by Gasteiger charge is 2.51. The number of hydrogen-bond acceptors (Lipinski definition) is 4. The Kier molecular flexibility index (Phi) is 6.62. The van der Waals surface area contributed by atoms with E-state index in [0.717, 1.165) is 28.3 Å². The van der Waals surface area contributed by atoms with Crippen LogP contribution in [0.5, 0.6) is 0 Å². The van der Waals surface area contributed by atoms with Crippen LogP contribution in [0.15, 0.2) is 47.6 Å². The van der Waals surface area contributed by atoms with E-state index in [1.54, 1.807) is 18.2 Å². The highest BCUT2D eigenvalue weighted by Crippen LogP contribution is 2.60. The fourth-order valence-electron chi connectivity index (χ4n) is 6.81. The van der Waals surface area contributed by atoms with Gasteiger partial charge < -0.3 is 0 Å². The van der Waals surface area contributed by atoms with Crippen LogP contribution in [0.4, 0.5) is 5.69 Å². The van der Waals surface area contributed by atoms with Crippen molar-refractivity contribution in [3.8, 4) is 0 Å². The van der Waals surface area contributed by atoms with E-state index in [0.29, 0.717) is 21.3 Å². The summed E-state index contributed by atoms with van der Waals surface area (Å²) in [7, 11) is -3.68. The van der Waals surface area contributed by atoms with Crippen molar-refractivity contribution in [3.05, 3.63) is 63.6 Å². The number of sulfonamides is 1.